The predicted molar refractivity (Wildman–Crippen MR) is 129 cm³/mol. The number of halogens is 1. The summed E-state index contributed by atoms with van der Waals surface area (Å²) in [5.74, 6) is 1.62. The van der Waals surface area contributed by atoms with Gasteiger partial charge in [0.2, 0.25) is 0 Å². The van der Waals surface area contributed by atoms with Gasteiger partial charge in [-0.15, -0.1) is 35.3 Å². The minimum absolute atomic E-state index is 0. The highest BCUT2D eigenvalue weighted by Crippen LogP contribution is 2.24. The highest BCUT2D eigenvalue weighted by molar-refractivity contribution is 14.0. The van der Waals surface area contributed by atoms with Crippen LogP contribution in [-0.4, -0.2) is 62.7 Å². The molecule has 1 atom stereocenters. The van der Waals surface area contributed by atoms with E-state index in [1.54, 1.807) is 0 Å². The fourth-order valence-electron chi connectivity index (χ4n) is 4.14. The minimum atomic E-state index is 0. The van der Waals surface area contributed by atoms with Crippen LogP contribution in [0, 0.1) is 5.92 Å². The first-order valence-corrected chi connectivity index (χ1v) is 11.0. The maximum absolute atomic E-state index is 4.47. The van der Waals surface area contributed by atoms with Crippen LogP contribution in [0.4, 0.5) is 5.00 Å². The van der Waals surface area contributed by atoms with E-state index in [0.717, 1.165) is 25.6 Å². The molecule has 1 aromatic rings. The Bertz CT molecular complexity index is 549. The standard InChI is InChI=1S/C20H35N5S.HI/c1-16(2)18(24-10-4-5-11-24)15-22-20(21-3)23-17-8-12-25(13-9-17)19-7-6-14-26-19;/h6-7,14,16-18H,4-5,8-13,15H2,1-3H3,(H2,21,22,23);1H. The zero-order valence-corrected chi connectivity index (χ0v) is 20.1. The molecule has 1 aromatic heterocycles. The molecule has 0 saturated carbocycles. The van der Waals surface area contributed by atoms with E-state index in [9.17, 15) is 0 Å². The summed E-state index contributed by atoms with van der Waals surface area (Å²) in [7, 11) is 1.89. The Balaban J connectivity index is 0.00000261. The first kappa shape index (κ1) is 22.7. The molecule has 154 valence electrons. The van der Waals surface area contributed by atoms with Crippen molar-refractivity contribution >= 4 is 46.3 Å². The van der Waals surface area contributed by atoms with Crippen LogP contribution in [0.25, 0.3) is 0 Å². The summed E-state index contributed by atoms with van der Waals surface area (Å²) in [5, 5.41) is 10.8. The van der Waals surface area contributed by atoms with Crippen LogP contribution in [-0.2, 0) is 0 Å². The van der Waals surface area contributed by atoms with E-state index in [-0.39, 0.29) is 24.0 Å². The van der Waals surface area contributed by atoms with Gasteiger partial charge in [-0.1, -0.05) is 13.8 Å². The molecule has 1 unspecified atom stereocenters. The van der Waals surface area contributed by atoms with Crippen molar-refractivity contribution in [3.8, 4) is 0 Å². The van der Waals surface area contributed by atoms with Gasteiger partial charge >= 0.3 is 0 Å². The number of thiophene rings is 1. The molecule has 0 amide bonds. The number of likely N-dealkylation sites (tertiary alicyclic amines) is 1. The van der Waals surface area contributed by atoms with Crippen LogP contribution in [0.15, 0.2) is 22.5 Å². The molecule has 2 N–H and O–H groups in total. The first-order chi connectivity index (χ1) is 12.7. The molecule has 0 aliphatic carbocycles. The molecule has 5 nitrogen and oxygen atoms in total. The molecular formula is C20H36IN5S. The first-order valence-electron chi connectivity index (χ1n) is 10.2. The molecule has 2 saturated heterocycles. The van der Waals surface area contributed by atoms with Crippen LogP contribution < -0.4 is 15.5 Å². The number of anilines is 1. The van der Waals surface area contributed by atoms with E-state index in [4.69, 9.17) is 0 Å². The van der Waals surface area contributed by atoms with Gasteiger partial charge in [0, 0.05) is 38.8 Å². The quantitative estimate of drug-likeness (QED) is 0.352. The average Bonchev–Trinajstić information content (AvgIpc) is 3.35. The number of guanidine groups is 1. The second-order valence-corrected chi connectivity index (χ2v) is 8.79. The van der Waals surface area contributed by atoms with Crippen molar-refractivity contribution in [1.82, 2.24) is 15.5 Å². The number of hydrogen-bond donors (Lipinski definition) is 2. The highest BCUT2D eigenvalue weighted by Gasteiger charge is 2.25. The number of rotatable bonds is 6. The third kappa shape index (κ3) is 6.49. The van der Waals surface area contributed by atoms with Crippen LogP contribution in [0.2, 0.25) is 0 Å². The van der Waals surface area contributed by atoms with E-state index >= 15 is 0 Å². The molecule has 3 rings (SSSR count). The van der Waals surface area contributed by atoms with Gasteiger partial charge in [-0.3, -0.25) is 9.89 Å². The van der Waals surface area contributed by atoms with Gasteiger partial charge < -0.3 is 15.5 Å². The molecule has 2 aliphatic rings. The van der Waals surface area contributed by atoms with E-state index in [1.807, 2.05) is 18.4 Å². The van der Waals surface area contributed by atoms with Crippen LogP contribution in [0.5, 0.6) is 0 Å². The normalized spacial score (nSPS) is 20.6. The SMILES string of the molecule is CN=C(NCC(C(C)C)N1CCCC1)NC1CCN(c2cccs2)CC1.I. The van der Waals surface area contributed by atoms with Crippen molar-refractivity contribution in [2.45, 2.75) is 51.6 Å². The lowest BCUT2D eigenvalue weighted by molar-refractivity contribution is 0.192. The van der Waals surface area contributed by atoms with Crippen molar-refractivity contribution in [3.05, 3.63) is 17.5 Å². The molecule has 0 aromatic carbocycles. The molecule has 0 bridgehead atoms. The van der Waals surface area contributed by atoms with Gasteiger partial charge in [0.25, 0.3) is 0 Å². The van der Waals surface area contributed by atoms with Gasteiger partial charge in [0.1, 0.15) is 0 Å². The fourth-order valence-corrected chi connectivity index (χ4v) is 4.93. The Labute approximate surface area is 186 Å². The van der Waals surface area contributed by atoms with Crippen molar-refractivity contribution in [3.63, 3.8) is 0 Å². The van der Waals surface area contributed by atoms with E-state index in [1.165, 1.54) is 43.8 Å². The Hall–Kier alpha value is -0.540. The fraction of sp³-hybridized carbons (Fsp3) is 0.750. The van der Waals surface area contributed by atoms with Crippen molar-refractivity contribution < 1.29 is 0 Å². The second kappa shape index (κ2) is 11.5. The van der Waals surface area contributed by atoms with Gasteiger partial charge in [-0.2, -0.15) is 0 Å². The lowest BCUT2D eigenvalue weighted by Gasteiger charge is -2.35. The lowest BCUT2D eigenvalue weighted by Crippen LogP contribution is -2.52. The monoisotopic (exact) mass is 505 g/mol. The summed E-state index contributed by atoms with van der Waals surface area (Å²) in [6, 6.07) is 5.48. The molecule has 2 fully saturated rings. The number of nitrogens with zero attached hydrogens (tertiary/aromatic N) is 3. The maximum atomic E-state index is 4.47. The third-order valence-corrected chi connectivity index (χ3v) is 6.66. The van der Waals surface area contributed by atoms with Gasteiger partial charge in [0.05, 0.1) is 5.00 Å². The Morgan fingerprint density at radius 2 is 1.93 bits per heavy atom. The zero-order valence-electron chi connectivity index (χ0n) is 17.0. The average molecular weight is 506 g/mol. The molecular weight excluding hydrogens is 469 g/mol. The van der Waals surface area contributed by atoms with Crippen molar-refractivity contribution in [1.29, 1.82) is 0 Å². The summed E-state index contributed by atoms with van der Waals surface area (Å²) in [5.41, 5.74) is 0. The maximum Gasteiger partial charge on any atom is 0.191 e. The van der Waals surface area contributed by atoms with E-state index in [2.05, 4.69) is 56.8 Å². The van der Waals surface area contributed by atoms with Crippen LogP contribution in [0.1, 0.15) is 39.5 Å². The smallest absolute Gasteiger partial charge is 0.191 e. The van der Waals surface area contributed by atoms with Gasteiger partial charge in [-0.25, -0.2) is 0 Å². The highest BCUT2D eigenvalue weighted by atomic mass is 127. The summed E-state index contributed by atoms with van der Waals surface area (Å²) < 4.78 is 0. The number of hydrogen-bond acceptors (Lipinski definition) is 4. The van der Waals surface area contributed by atoms with E-state index < -0.39 is 0 Å². The summed E-state index contributed by atoms with van der Waals surface area (Å²) in [4.78, 5) is 9.62. The molecule has 2 aliphatic heterocycles. The number of nitrogens with one attached hydrogen (secondary N) is 2. The lowest BCUT2D eigenvalue weighted by atomic mass is 10.0. The molecule has 7 heteroatoms. The van der Waals surface area contributed by atoms with E-state index in [0.29, 0.717) is 18.0 Å². The minimum Gasteiger partial charge on any atom is -0.363 e. The summed E-state index contributed by atoms with van der Waals surface area (Å²) in [6.45, 7) is 10.4. The Morgan fingerprint density at radius 1 is 1.22 bits per heavy atom. The van der Waals surface area contributed by atoms with Gasteiger partial charge in [-0.05, 0) is 62.2 Å². The summed E-state index contributed by atoms with van der Waals surface area (Å²) >= 11 is 1.84. The Morgan fingerprint density at radius 3 is 2.48 bits per heavy atom. The molecule has 27 heavy (non-hydrogen) atoms. The zero-order chi connectivity index (χ0) is 18.4. The van der Waals surface area contributed by atoms with Crippen molar-refractivity contribution in [2.24, 2.45) is 10.9 Å². The topological polar surface area (TPSA) is 42.9 Å². The number of aliphatic imine (C=N–C) groups is 1. The largest absolute Gasteiger partial charge is 0.363 e. The second-order valence-electron chi connectivity index (χ2n) is 7.86. The predicted octanol–water partition coefficient (Wildman–Crippen LogP) is 3.62. The third-order valence-electron chi connectivity index (χ3n) is 5.74. The summed E-state index contributed by atoms with van der Waals surface area (Å²) in [6.07, 6.45) is 5.02. The van der Waals surface area contributed by atoms with Gasteiger partial charge in [0.15, 0.2) is 5.96 Å². The molecule has 0 spiro atoms. The van der Waals surface area contributed by atoms with Crippen LogP contribution in [0.3, 0.4) is 0 Å². The number of piperidine rings is 1. The molecule has 0 radical (unpaired) electrons. The van der Waals surface area contributed by atoms with Crippen LogP contribution >= 0.6 is 35.3 Å². The Kier molecular flexibility index (Phi) is 9.65. The van der Waals surface area contributed by atoms with Crippen molar-refractivity contribution in [2.75, 3.05) is 44.7 Å². The molecule has 3 heterocycles.